The third-order valence-corrected chi connectivity index (χ3v) is 2.43. The third kappa shape index (κ3) is 9.61. The lowest BCUT2D eigenvalue weighted by Gasteiger charge is -2.03. The normalized spacial score (nSPS) is 9.79. The fraction of sp³-hybridized carbons (Fsp3) is 0.700. The van der Waals surface area contributed by atoms with Crippen molar-refractivity contribution < 1.29 is 9.53 Å². The van der Waals surface area contributed by atoms with Gasteiger partial charge in [-0.15, -0.1) is 6.58 Å². The molecule has 0 fully saturated rings. The van der Waals surface area contributed by atoms with Gasteiger partial charge in [-0.25, -0.2) is 0 Å². The second-order valence-electron chi connectivity index (χ2n) is 2.67. The van der Waals surface area contributed by atoms with Crippen molar-refractivity contribution in [2.75, 3.05) is 31.2 Å². The van der Waals surface area contributed by atoms with E-state index < -0.39 is 0 Å². The van der Waals surface area contributed by atoms with Crippen LogP contribution in [0.15, 0.2) is 12.7 Å². The second-order valence-corrected chi connectivity index (χ2v) is 3.82. The Morgan fingerprint density at radius 3 is 3.00 bits per heavy atom. The highest BCUT2D eigenvalue weighted by Gasteiger charge is 1.99. The number of nitrogens with one attached hydrogen (secondary N) is 1. The van der Waals surface area contributed by atoms with Gasteiger partial charge in [0, 0.05) is 24.6 Å². The van der Waals surface area contributed by atoms with Crippen molar-refractivity contribution in [3.05, 3.63) is 12.7 Å². The lowest BCUT2D eigenvalue weighted by molar-refractivity contribution is -0.142. The van der Waals surface area contributed by atoms with Gasteiger partial charge in [0.1, 0.15) is 0 Å². The van der Waals surface area contributed by atoms with Crippen LogP contribution in [0.3, 0.4) is 0 Å². The largest absolute Gasteiger partial charge is 0.466 e. The Morgan fingerprint density at radius 2 is 2.36 bits per heavy atom. The van der Waals surface area contributed by atoms with Gasteiger partial charge in [-0.2, -0.15) is 11.8 Å². The Morgan fingerprint density at radius 1 is 1.57 bits per heavy atom. The van der Waals surface area contributed by atoms with Crippen molar-refractivity contribution in [1.29, 1.82) is 0 Å². The predicted octanol–water partition coefficient (Wildman–Crippen LogP) is 1.45. The van der Waals surface area contributed by atoms with Crippen LogP contribution in [0, 0.1) is 0 Å². The molecule has 0 amide bonds. The number of esters is 1. The van der Waals surface area contributed by atoms with Gasteiger partial charge in [0.2, 0.25) is 0 Å². The first-order valence-electron chi connectivity index (χ1n) is 4.86. The summed E-state index contributed by atoms with van der Waals surface area (Å²) in [5.74, 6) is 1.91. The molecule has 0 saturated heterocycles. The van der Waals surface area contributed by atoms with Crippen LogP contribution in [0.4, 0.5) is 0 Å². The Kier molecular flexibility index (Phi) is 10.2. The molecular weight excluding hydrogens is 198 g/mol. The van der Waals surface area contributed by atoms with E-state index in [1.54, 1.807) is 0 Å². The molecule has 14 heavy (non-hydrogen) atoms. The van der Waals surface area contributed by atoms with Crippen molar-refractivity contribution in [1.82, 2.24) is 5.32 Å². The Hall–Kier alpha value is -0.480. The molecule has 0 aromatic carbocycles. The van der Waals surface area contributed by atoms with Crippen LogP contribution in [0.1, 0.15) is 13.3 Å². The maximum atomic E-state index is 10.9. The number of rotatable bonds is 9. The van der Waals surface area contributed by atoms with Crippen LogP contribution in [0.5, 0.6) is 0 Å². The number of ether oxygens (including phenoxy) is 1. The van der Waals surface area contributed by atoms with Gasteiger partial charge in [0.25, 0.3) is 0 Å². The molecule has 0 heterocycles. The molecule has 4 heteroatoms. The molecule has 0 saturated carbocycles. The van der Waals surface area contributed by atoms with Crippen molar-refractivity contribution in [2.24, 2.45) is 0 Å². The van der Waals surface area contributed by atoms with Gasteiger partial charge in [-0.3, -0.25) is 4.79 Å². The maximum Gasteiger partial charge on any atom is 0.307 e. The van der Waals surface area contributed by atoms with Crippen molar-refractivity contribution >= 4 is 17.7 Å². The minimum Gasteiger partial charge on any atom is -0.466 e. The minimum absolute atomic E-state index is 0.126. The molecule has 0 aliphatic carbocycles. The van der Waals surface area contributed by atoms with Crippen LogP contribution in [-0.4, -0.2) is 37.2 Å². The van der Waals surface area contributed by atoms with Crippen molar-refractivity contribution in [2.45, 2.75) is 13.3 Å². The third-order valence-electron chi connectivity index (χ3n) is 1.47. The average Bonchev–Trinajstić information content (AvgIpc) is 2.17. The quantitative estimate of drug-likeness (QED) is 0.360. The van der Waals surface area contributed by atoms with Gasteiger partial charge < -0.3 is 10.1 Å². The van der Waals surface area contributed by atoms with Crippen LogP contribution in [0.2, 0.25) is 0 Å². The summed E-state index contributed by atoms with van der Waals surface area (Å²) in [6.07, 6.45) is 2.35. The monoisotopic (exact) mass is 217 g/mol. The van der Waals surface area contributed by atoms with E-state index in [2.05, 4.69) is 11.9 Å². The molecule has 82 valence electrons. The summed E-state index contributed by atoms with van der Waals surface area (Å²) in [7, 11) is 0. The number of hydrogen-bond acceptors (Lipinski definition) is 4. The molecule has 1 N–H and O–H groups in total. The summed E-state index contributed by atoms with van der Waals surface area (Å²) in [5, 5.41) is 3.18. The molecule has 0 aliphatic rings. The molecule has 0 spiro atoms. The Balaban J connectivity index is 3.05. The molecule has 0 atom stereocenters. The van der Waals surface area contributed by atoms with Gasteiger partial charge in [0.05, 0.1) is 13.0 Å². The molecular formula is C10H19NO2S. The molecule has 0 aromatic heterocycles. The molecule has 0 aromatic rings. The zero-order valence-electron chi connectivity index (χ0n) is 8.75. The number of carbonyl (C=O) groups is 1. The minimum atomic E-state index is -0.126. The summed E-state index contributed by atoms with van der Waals surface area (Å²) < 4.78 is 4.79. The summed E-state index contributed by atoms with van der Waals surface area (Å²) in [6, 6.07) is 0. The molecule has 0 bridgehead atoms. The summed E-state index contributed by atoms with van der Waals surface area (Å²) >= 11 is 1.83. The lowest BCUT2D eigenvalue weighted by Crippen LogP contribution is -2.21. The highest BCUT2D eigenvalue weighted by Crippen LogP contribution is 1.96. The van der Waals surface area contributed by atoms with E-state index in [4.69, 9.17) is 4.74 Å². The average molecular weight is 217 g/mol. The van der Waals surface area contributed by atoms with E-state index in [1.165, 1.54) is 0 Å². The van der Waals surface area contributed by atoms with E-state index in [0.29, 0.717) is 19.6 Å². The molecule has 3 nitrogen and oxygen atoms in total. The SMILES string of the molecule is C=CCSCCNCCC(=O)OCC. The fourth-order valence-corrected chi connectivity index (χ4v) is 1.48. The Bertz CT molecular complexity index is 162. The van der Waals surface area contributed by atoms with Crippen LogP contribution < -0.4 is 5.32 Å². The van der Waals surface area contributed by atoms with Gasteiger partial charge in [-0.05, 0) is 6.92 Å². The molecule has 0 rings (SSSR count). The zero-order valence-corrected chi connectivity index (χ0v) is 9.57. The number of hydrogen-bond donors (Lipinski definition) is 1. The molecule has 0 aliphatic heterocycles. The predicted molar refractivity (Wildman–Crippen MR) is 61.6 cm³/mol. The Labute approximate surface area is 90.3 Å². The first-order valence-corrected chi connectivity index (χ1v) is 6.01. The van der Waals surface area contributed by atoms with Crippen LogP contribution in [-0.2, 0) is 9.53 Å². The zero-order chi connectivity index (χ0) is 10.6. The van der Waals surface area contributed by atoms with E-state index in [9.17, 15) is 4.79 Å². The standard InChI is InChI=1S/C10H19NO2S/c1-3-8-14-9-7-11-6-5-10(12)13-4-2/h3,11H,1,4-9H2,2H3. The topological polar surface area (TPSA) is 38.3 Å². The molecule has 0 unspecified atom stereocenters. The van der Waals surface area contributed by atoms with Crippen molar-refractivity contribution in [3.8, 4) is 0 Å². The van der Waals surface area contributed by atoms with Gasteiger partial charge in [-0.1, -0.05) is 6.08 Å². The first kappa shape index (κ1) is 13.5. The van der Waals surface area contributed by atoms with Crippen molar-refractivity contribution in [3.63, 3.8) is 0 Å². The van der Waals surface area contributed by atoms with Gasteiger partial charge >= 0.3 is 5.97 Å². The van der Waals surface area contributed by atoms with E-state index >= 15 is 0 Å². The first-order chi connectivity index (χ1) is 6.81. The smallest absolute Gasteiger partial charge is 0.307 e. The fourth-order valence-electron chi connectivity index (χ4n) is 0.860. The van der Waals surface area contributed by atoms with Crippen LogP contribution >= 0.6 is 11.8 Å². The highest BCUT2D eigenvalue weighted by atomic mass is 32.2. The van der Waals surface area contributed by atoms with E-state index in [1.807, 2.05) is 24.8 Å². The number of thioether (sulfide) groups is 1. The summed E-state index contributed by atoms with van der Waals surface area (Å²) in [4.78, 5) is 10.9. The van der Waals surface area contributed by atoms with Crippen LogP contribution in [0.25, 0.3) is 0 Å². The maximum absolute atomic E-state index is 10.9. The van der Waals surface area contributed by atoms with E-state index in [0.717, 1.165) is 18.1 Å². The number of carbonyl (C=O) groups excluding carboxylic acids is 1. The summed E-state index contributed by atoms with van der Waals surface area (Å²) in [6.45, 7) is 7.55. The van der Waals surface area contributed by atoms with E-state index in [-0.39, 0.29) is 5.97 Å². The molecule has 0 radical (unpaired) electrons. The lowest BCUT2D eigenvalue weighted by atomic mass is 10.4. The highest BCUT2D eigenvalue weighted by molar-refractivity contribution is 7.99. The van der Waals surface area contributed by atoms with Gasteiger partial charge in [0.15, 0.2) is 0 Å². The summed E-state index contributed by atoms with van der Waals surface area (Å²) in [5.41, 5.74) is 0. The second kappa shape index (κ2) is 10.6.